The second-order valence-corrected chi connectivity index (χ2v) is 4.99. The van der Waals surface area contributed by atoms with Gasteiger partial charge in [0.05, 0.1) is 12.2 Å². The Balaban J connectivity index is 2.59. The van der Waals surface area contributed by atoms with E-state index >= 15 is 0 Å². The quantitative estimate of drug-likeness (QED) is 0.680. The number of hydrogen-bond donors (Lipinski definition) is 2. The second kappa shape index (κ2) is 3.56. The fraction of sp³-hybridized carbons (Fsp3) is 1.00. The normalized spacial score (nSPS) is 31.2. The highest BCUT2D eigenvalue weighted by atomic mass is 16.3. The summed E-state index contributed by atoms with van der Waals surface area (Å²) in [6, 6.07) is 0. The molecule has 0 spiro atoms. The van der Waals surface area contributed by atoms with Gasteiger partial charge in [-0.2, -0.15) is 0 Å². The number of aliphatic hydroxyl groups excluding tert-OH is 1. The predicted molar refractivity (Wildman–Crippen MR) is 52.6 cm³/mol. The maximum absolute atomic E-state index is 9.68. The first kappa shape index (κ1) is 11.0. The van der Waals surface area contributed by atoms with Crippen molar-refractivity contribution in [1.29, 1.82) is 0 Å². The molecule has 1 fully saturated rings. The van der Waals surface area contributed by atoms with Crippen molar-refractivity contribution in [2.75, 3.05) is 19.7 Å². The molecule has 0 radical (unpaired) electrons. The van der Waals surface area contributed by atoms with Gasteiger partial charge in [-0.05, 0) is 40.2 Å². The van der Waals surface area contributed by atoms with E-state index in [0.717, 1.165) is 19.4 Å². The van der Waals surface area contributed by atoms with Gasteiger partial charge in [0.15, 0.2) is 0 Å². The van der Waals surface area contributed by atoms with E-state index in [2.05, 4.69) is 11.8 Å². The van der Waals surface area contributed by atoms with Gasteiger partial charge in [-0.25, -0.2) is 0 Å². The Bertz CT molecular complexity index is 176. The molecule has 78 valence electrons. The van der Waals surface area contributed by atoms with E-state index in [9.17, 15) is 10.2 Å². The summed E-state index contributed by atoms with van der Waals surface area (Å²) >= 11 is 0. The molecule has 13 heavy (non-hydrogen) atoms. The predicted octanol–water partition coefficient (Wildman–Crippen LogP) is 0.604. The lowest BCUT2D eigenvalue weighted by molar-refractivity contribution is -0.00580. The van der Waals surface area contributed by atoms with Gasteiger partial charge in [-0.1, -0.05) is 0 Å². The van der Waals surface area contributed by atoms with E-state index in [1.165, 1.54) is 0 Å². The zero-order chi connectivity index (χ0) is 10.1. The Labute approximate surface area is 80.4 Å². The average molecular weight is 187 g/mol. The fourth-order valence-corrected chi connectivity index (χ4v) is 1.99. The smallest absolute Gasteiger partial charge is 0.0718 e. The van der Waals surface area contributed by atoms with Crippen molar-refractivity contribution in [3.63, 3.8) is 0 Å². The summed E-state index contributed by atoms with van der Waals surface area (Å²) in [6.07, 6.45) is 2.15. The lowest BCUT2D eigenvalue weighted by atomic mass is 9.98. The highest BCUT2D eigenvalue weighted by molar-refractivity contribution is 4.93. The van der Waals surface area contributed by atoms with Gasteiger partial charge in [-0.15, -0.1) is 0 Å². The third kappa shape index (κ3) is 2.66. The Morgan fingerprint density at radius 2 is 2.08 bits per heavy atom. The molecule has 1 atom stereocenters. The van der Waals surface area contributed by atoms with Crippen molar-refractivity contribution in [3.05, 3.63) is 0 Å². The zero-order valence-electron chi connectivity index (χ0n) is 8.88. The molecule has 0 bridgehead atoms. The molecule has 3 heteroatoms. The van der Waals surface area contributed by atoms with E-state index in [-0.39, 0.29) is 12.1 Å². The fourth-order valence-electron chi connectivity index (χ4n) is 1.99. The molecule has 1 aliphatic heterocycles. The Hall–Kier alpha value is -0.120. The molecule has 0 unspecified atom stereocenters. The second-order valence-electron chi connectivity index (χ2n) is 4.99. The van der Waals surface area contributed by atoms with E-state index in [4.69, 9.17) is 0 Å². The summed E-state index contributed by atoms with van der Waals surface area (Å²) in [5.41, 5.74) is -0.777. The minimum absolute atomic E-state index is 0.111. The van der Waals surface area contributed by atoms with Crippen LogP contribution >= 0.6 is 0 Å². The van der Waals surface area contributed by atoms with Crippen LogP contribution in [0.1, 0.15) is 33.6 Å². The van der Waals surface area contributed by atoms with E-state index in [1.54, 1.807) is 0 Å². The van der Waals surface area contributed by atoms with Gasteiger partial charge in [0.1, 0.15) is 0 Å². The standard InChI is InChI=1S/C10H21NO2/c1-9(2,13)7-11-6-4-5-10(11,3)8-12/h12-13H,4-8H2,1-3H3/t10-/m1/s1. The van der Waals surface area contributed by atoms with Crippen LogP contribution in [0, 0.1) is 0 Å². The van der Waals surface area contributed by atoms with Crippen molar-refractivity contribution >= 4 is 0 Å². The lowest BCUT2D eigenvalue weighted by Gasteiger charge is -2.37. The molecule has 0 aliphatic carbocycles. The highest BCUT2D eigenvalue weighted by Crippen LogP contribution is 2.29. The molecule has 0 aromatic heterocycles. The van der Waals surface area contributed by atoms with Crippen LogP contribution in [0.3, 0.4) is 0 Å². The molecule has 1 aliphatic rings. The summed E-state index contributed by atoms with van der Waals surface area (Å²) in [7, 11) is 0. The van der Waals surface area contributed by atoms with Crippen molar-refractivity contribution < 1.29 is 10.2 Å². The molecular formula is C10H21NO2. The summed E-state index contributed by atoms with van der Waals surface area (Å²) < 4.78 is 0. The van der Waals surface area contributed by atoms with Gasteiger partial charge >= 0.3 is 0 Å². The number of aliphatic hydroxyl groups is 2. The number of hydrogen-bond acceptors (Lipinski definition) is 3. The first-order valence-electron chi connectivity index (χ1n) is 4.96. The van der Waals surface area contributed by atoms with Gasteiger partial charge in [0, 0.05) is 12.1 Å². The maximum atomic E-state index is 9.68. The zero-order valence-corrected chi connectivity index (χ0v) is 8.88. The molecule has 3 nitrogen and oxygen atoms in total. The molecular weight excluding hydrogens is 166 g/mol. The molecule has 0 amide bonds. The van der Waals surface area contributed by atoms with Crippen molar-refractivity contribution in [1.82, 2.24) is 4.90 Å². The number of β-amino-alcohol motifs (C(OH)–C–C–N with tert-alkyl or cyclic N) is 1. The molecule has 0 aromatic rings. The topological polar surface area (TPSA) is 43.7 Å². The lowest BCUT2D eigenvalue weighted by Crippen LogP contribution is -2.50. The third-order valence-electron chi connectivity index (χ3n) is 2.83. The molecule has 2 N–H and O–H groups in total. The first-order valence-corrected chi connectivity index (χ1v) is 4.96. The number of rotatable bonds is 3. The summed E-state index contributed by atoms with van der Waals surface area (Å²) in [5.74, 6) is 0. The molecule has 1 rings (SSSR count). The Morgan fingerprint density at radius 3 is 2.54 bits per heavy atom. The van der Waals surface area contributed by atoms with Crippen LogP contribution in [-0.4, -0.2) is 45.9 Å². The monoisotopic (exact) mass is 187 g/mol. The van der Waals surface area contributed by atoms with Gasteiger partial charge in [0.25, 0.3) is 0 Å². The van der Waals surface area contributed by atoms with E-state index < -0.39 is 5.60 Å². The minimum Gasteiger partial charge on any atom is -0.394 e. The van der Waals surface area contributed by atoms with Crippen molar-refractivity contribution in [3.8, 4) is 0 Å². The third-order valence-corrected chi connectivity index (χ3v) is 2.83. The number of nitrogens with zero attached hydrogens (tertiary/aromatic N) is 1. The van der Waals surface area contributed by atoms with Crippen LogP contribution in [0.15, 0.2) is 0 Å². The first-order chi connectivity index (χ1) is 5.87. The van der Waals surface area contributed by atoms with Crippen LogP contribution < -0.4 is 0 Å². The highest BCUT2D eigenvalue weighted by Gasteiger charge is 2.37. The Kier molecular flexibility index (Phi) is 3.00. The van der Waals surface area contributed by atoms with Crippen LogP contribution in [-0.2, 0) is 0 Å². The van der Waals surface area contributed by atoms with E-state index in [1.807, 2.05) is 13.8 Å². The summed E-state index contributed by atoms with van der Waals surface area (Å²) in [4.78, 5) is 2.19. The van der Waals surface area contributed by atoms with Crippen LogP contribution in [0.2, 0.25) is 0 Å². The van der Waals surface area contributed by atoms with E-state index in [0.29, 0.717) is 6.54 Å². The van der Waals surface area contributed by atoms with Gasteiger partial charge < -0.3 is 10.2 Å². The largest absolute Gasteiger partial charge is 0.394 e. The van der Waals surface area contributed by atoms with Crippen LogP contribution in [0.25, 0.3) is 0 Å². The summed E-state index contributed by atoms with van der Waals surface area (Å²) in [6.45, 7) is 7.49. The molecule has 0 aromatic carbocycles. The van der Waals surface area contributed by atoms with Crippen LogP contribution in [0.4, 0.5) is 0 Å². The minimum atomic E-state index is -0.666. The molecule has 1 saturated heterocycles. The average Bonchev–Trinajstić information content (AvgIpc) is 2.31. The Morgan fingerprint density at radius 1 is 1.46 bits per heavy atom. The molecule has 0 saturated carbocycles. The van der Waals surface area contributed by atoms with Crippen molar-refractivity contribution in [2.45, 2.75) is 44.8 Å². The van der Waals surface area contributed by atoms with Gasteiger partial charge in [0.2, 0.25) is 0 Å². The van der Waals surface area contributed by atoms with Crippen LogP contribution in [0.5, 0.6) is 0 Å². The van der Waals surface area contributed by atoms with Gasteiger partial charge in [-0.3, -0.25) is 4.90 Å². The van der Waals surface area contributed by atoms with Crippen molar-refractivity contribution in [2.24, 2.45) is 0 Å². The maximum Gasteiger partial charge on any atom is 0.0718 e. The SMILES string of the molecule is CC(C)(O)CN1CCC[C@]1(C)CO. The summed E-state index contributed by atoms with van der Waals surface area (Å²) in [5, 5.41) is 19.0. The number of likely N-dealkylation sites (tertiary alicyclic amines) is 1. The molecule has 1 heterocycles.